The van der Waals surface area contributed by atoms with Crippen molar-refractivity contribution in [2.75, 3.05) is 5.32 Å². The van der Waals surface area contributed by atoms with Crippen LogP contribution in [-0.2, 0) is 11.2 Å². The third kappa shape index (κ3) is 3.64. The van der Waals surface area contributed by atoms with E-state index in [0.717, 1.165) is 27.6 Å². The van der Waals surface area contributed by atoms with Gasteiger partial charge in [0.25, 0.3) is 0 Å². The minimum Gasteiger partial charge on any atom is -0.326 e. The number of carbonyl (C=O) groups excluding carboxylic acids is 1. The van der Waals surface area contributed by atoms with E-state index in [9.17, 15) is 4.79 Å². The van der Waals surface area contributed by atoms with Crippen molar-refractivity contribution < 1.29 is 4.79 Å². The summed E-state index contributed by atoms with van der Waals surface area (Å²) in [6.45, 7) is 6.24. The van der Waals surface area contributed by atoms with E-state index >= 15 is 0 Å². The highest BCUT2D eigenvalue weighted by Gasteiger charge is 2.13. The molecule has 27 heavy (non-hydrogen) atoms. The van der Waals surface area contributed by atoms with Gasteiger partial charge in [-0.05, 0) is 50.1 Å². The molecule has 4 nitrogen and oxygen atoms in total. The lowest BCUT2D eigenvalue weighted by Crippen LogP contribution is -2.15. The highest BCUT2D eigenvalue weighted by atomic mass is 32.1. The molecule has 0 unspecified atom stereocenters. The van der Waals surface area contributed by atoms with Crippen molar-refractivity contribution in [2.24, 2.45) is 0 Å². The Morgan fingerprint density at radius 2 is 1.85 bits per heavy atom. The number of benzene rings is 2. The molecule has 0 saturated heterocycles. The molecule has 5 heteroatoms. The van der Waals surface area contributed by atoms with Gasteiger partial charge in [-0.1, -0.05) is 29.8 Å². The van der Waals surface area contributed by atoms with Crippen LogP contribution in [0.5, 0.6) is 0 Å². The van der Waals surface area contributed by atoms with Gasteiger partial charge in [0.15, 0.2) is 4.96 Å². The van der Waals surface area contributed by atoms with Gasteiger partial charge in [0.05, 0.1) is 12.1 Å². The lowest BCUT2D eigenvalue weighted by atomic mass is 10.0. The van der Waals surface area contributed by atoms with Gasteiger partial charge in [-0.25, -0.2) is 4.98 Å². The summed E-state index contributed by atoms with van der Waals surface area (Å²) < 4.78 is 2.02. The zero-order chi connectivity index (χ0) is 19.0. The average molecular weight is 375 g/mol. The maximum Gasteiger partial charge on any atom is 0.230 e. The summed E-state index contributed by atoms with van der Waals surface area (Å²) in [4.78, 5) is 18.1. The summed E-state index contributed by atoms with van der Waals surface area (Å²) in [5, 5.41) is 4.96. The first kappa shape index (κ1) is 17.5. The topological polar surface area (TPSA) is 46.4 Å². The third-order valence-corrected chi connectivity index (χ3v) is 5.65. The Balaban J connectivity index is 1.55. The quantitative estimate of drug-likeness (QED) is 0.535. The number of amides is 1. The van der Waals surface area contributed by atoms with Crippen molar-refractivity contribution in [1.29, 1.82) is 0 Å². The highest BCUT2D eigenvalue weighted by Crippen LogP contribution is 2.25. The Kier molecular flexibility index (Phi) is 4.54. The van der Waals surface area contributed by atoms with Crippen LogP contribution in [0.1, 0.15) is 22.4 Å². The smallest absolute Gasteiger partial charge is 0.230 e. The second-order valence-corrected chi connectivity index (χ2v) is 7.73. The van der Waals surface area contributed by atoms with E-state index in [1.807, 2.05) is 47.2 Å². The van der Waals surface area contributed by atoms with Gasteiger partial charge in [-0.15, -0.1) is 11.3 Å². The van der Waals surface area contributed by atoms with E-state index in [-0.39, 0.29) is 5.91 Å². The zero-order valence-corrected chi connectivity index (χ0v) is 16.4. The third-order valence-electron chi connectivity index (χ3n) is 4.76. The van der Waals surface area contributed by atoms with Gasteiger partial charge in [-0.3, -0.25) is 9.20 Å². The Labute approximate surface area is 162 Å². The van der Waals surface area contributed by atoms with Gasteiger partial charge >= 0.3 is 0 Å². The molecule has 0 spiro atoms. The standard InChI is InChI=1S/C22H21N3OS/c1-14-4-8-18(9-5-14)23-21(26)11-19-13-27-22-24-20(12-25(19)22)17-7-6-15(2)16(3)10-17/h4-10,12-13H,11H2,1-3H3,(H,23,26). The molecule has 1 amide bonds. The predicted octanol–water partition coefficient (Wildman–Crippen LogP) is 5.17. The molecule has 0 aliphatic rings. The lowest BCUT2D eigenvalue weighted by molar-refractivity contribution is -0.115. The Morgan fingerprint density at radius 3 is 2.59 bits per heavy atom. The fraction of sp³-hybridized carbons (Fsp3) is 0.182. The minimum absolute atomic E-state index is 0.0278. The molecule has 0 aliphatic carbocycles. The van der Waals surface area contributed by atoms with Crippen molar-refractivity contribution in [3.63, 3.8) is 0 Å². The van der Waals surface area contributed by atoms with Gasteiger partial charge in [0.1, 0.15) is 0 Å². The Hall–Kier alpha value is -2.92. The van der Waals surface area contributed by atoms with E-state index < -0.39 is 0 Å². The molecule has 4 aromatic rings. The number of imidazole rings is 1. The van der Waals surface area contributed by atoms with Crippen molar-refractivity contribution in [2.45, 2.75) is 27.2 Å². The summed E-state index contributed by atoms with van der Waals surface area (Å²) in [5.41, 5.74) is 7.49. The normalized spacial score (nSPS) is 11.1. The molecule has 0 bridgehead atoms. The summed E-state index contributed by atoms with van der Waals surface area (Å²) in [5.74, 6) is -0.0278. The second kappa shape index (κ2) is 7.00. The average Bonchev–Trinajstić information content (AvgIpc) is 3.21. The van der Waals surface area contributed by atoms with Crippen LogP contribution in [-0.4, -0.2) is 15.3 Å². The van der Waals surface area contributed by atoms with Crippen LogP contribution < -0.4 is 5.32 Å². The number of fused-ring (bicyclic) bond motifs is 1. The summed E-state index contributed by atoms with van der Waals surface area (Å²) in [7, 11) is 0. The first-order chi connectivity index (χ1) is 13.0. The summed E-state index contributed by atoms with van der Waals surface area (Å²) in [6.07, 6.45) is 2.33. The summed E-state index contributed by atoms with van der Waals surface area (Å²) >= 11 is 1.56. The van der Waals surface area contributed by atoms with Gasteiger partial charge in [0, 0.05) is 28.5 Å². The molecule has 2 heterocycles. The fourth-order valence-electron chi connectivity index (χ4n) is 3.00. The molecule has 0 fully saturated rings. The largest absolute Gasteiger partial charge is 0.326 e. The first-order valence-electron chi connectivity index (χ1n) is 8.89. The number of aromatic nitrogens is 2. The van der Waals surface area contributed by atoms with Crippen LogP contribution in [0.4, 0.5) is 5.69 Å². The maximum atomic E-state index is 12.4. The number of nitrogens with one attached hydrogen (secondary N) is 1. The Morgan fingerprint density at radius 1 is 1.07 bits per heavy atom. The van der Waals surface area contributed by atoms with Gasteiger partial charge in [-0.2, -0.15) is 0 Å². The number of hydrogen-bond acceptors (Lipinski definition) is 3. The van der Waals surface area contributed by atoms with Crippen molar-refractivity contribution in [3.8, 4) is 11.3 Å². The fourth-order valence-corrected chi connectivity index (χ4v) is 3.88. The van der Waals surface area contributed by atoms with Crippen molar-refractivity contribution in [3.05, 3.63) is 76.4 Å². The SMILES string of the molecule is Cc1ccc(NC(=O)Cc2csc3nc(-c4ccc(C)c(C)c4)cn23)cc1. The van der Waals surface area contributed by atoms with E-state index in [1.165, 1.54) is 16.7 Å². The molecule has 0 radical (unpaired) electrons. The molecule has 0 aliphatic heterocycles. The molecule has 0 saturated carbocycles. The number of thiazole rings is 1. The number of rotatable bonds is 4. The Bertz CT molecular complexity index is 1120. The maximum absolute atomic E-state index is 12.4. The number of nitrogens with zero attached hydrogens (tertiary/aromatic N) is 2. The number of aryl methyl sites for hydroxylation is 3. The number of anilines is 1. The minimum atomic E-state index is -0.0278. The van der Waals surface area contributed by atoms with Gasteiger partial charge in [0.2, 0.25) is 5.91 Å². The molecule has 2 aromatic heterocycles. The zero-order valence-electron chi connectivity index (χ0n) is 15.6. The van der Waals surface area contributed by atoms with E-state index in [2.05, 4.69) is 37.4 Å². The van der Waals surface area contributed by atoms with E-state index in [0.29, 0.717) is 6.42 Å². The van der Waals surface area contributed by atoms with Crippen molar-refractivity contribution >= 4 is 27.9 Å². The predicted molar refractivity (Wildman–Crippen MR) is 111 cm³/mol. The van der Waals surface area contributed by atoms with Crippen LogP contribution in [0.3, 0.4) is 0 Å². The molecule has 136 valence electrons. The molecule has 1 N–H and O–H groups in total. The van der Waals surface area contributed by atoms with E-state index in [4.69, 9.17) is 4.98 Å². The second-order valence-electron chi connectivity index (χ2n) is 6.90. The van der Waals surface area contributed by atoms with Crippen LogP contribution in [0.25, 0.3) is 16.2 Å². The summed E-state index contributed by atoms with van der Waals surface area (Å²) in [6, 6.07) is 14.2. The molecule has 0 atom stereocenters. The van der Waals surface area contributed by atoms with Crippen LogP contribution in [0.15, 0.2) is 54.0 Å². The lowest BCUT2D eigenvalue weighted by Gasteiger charge is -2.05. The monoisotopic (exact) mass is 375 g/mol. The van der Waals surface area contributed by atoms with Crippen LogP contribution in [0.2, 0.25) is 0 Å². The van der Waals surface area contributed by atoms with Crippen LogP contribution >= 0.6 is 11.3 Å². The molecule has 2 aromatic carbocycles. The number of hydrogen-bond donors (Lipinski definition) is 1. The van der Waals surface area contributed by atoms with Crippen LogP contribution in [0, 0.1) is 20.8 Å². The first-order valence-corrected chi connectivity index (χ1v) is 9.77. The van der Waals surface area contributed by atoms with Gasteiger partial charge < -0.3 is 5.32 Å². The molecular formula is C22H21N3OS. The molecular weight excluding hydrogens is 354 g/mol. The van der Waals surface area contributed by atoms with E-state index in [1.54, 1.807) is 11.3 Å². The molecule has 4 rings (SSSR count). The van der Waals surface area contributed by atoms with Crippen molar-refractivity contribution in [1.82, 2.24) is 9.38 Å². The number of carbonyl (C=O) groups is 1. The highest BCUT2D eigenvalue weighted by molar-refractivity contribution is 7.15.